The van der Waals surface area contributed by atoms with Crippen LogP contribution >= 0.6 is 0 Å². The number of halogens is 3. The van der Waals surface area contributed by atoms with Crippen molar-refractivity contribution in [3.8, 4) is 0 Å². The highest BCUT2D eigenvalue weighted by Gasteiger charge is 2.30. The number of hydrogen-bond acceptors (Lipinski definition) is 3. The summed E-state index contributed by atoms with van der Waals surface area (Å²) in [6, 6.07) is 2.31. The Morgan fingerprint density at radius 2 is 1.95 bits per heavy atom. The number of carbonyl (C=O) groups is 1. The largest absolute Gasteiger partial charge is 0.481 e. The number of carboxylic acid groups (broad SMARTS) is 1. The fourth-order valence-corrected chi connectivity index (χ4v) is 2.53. The van der Waals surface area contributed by atoms with Crippen LogP contribution in [0.25, 0.3) is 0 Å². The SMILES string of the molecule is O=C(O)C1CCC(CNc2ccc(C(F)(F)F)cn2)CC1. The number of carboxylic acids is 1. The van der Waals surface area contributed by atoms with Crippen LogP contribution in [0.1, 0.15) is 31.2 Å². The molecule has 0 aromatic carbocycles. The Morgan fingerprint density at radius 1 is 1.29 bits per heavy atom. The number of nitrogens with one attached hydrogen (secondary N) is 1. The fraction of sp³-hybridized carbons (Fsp3) is 0.571. The lowest BCUT2D eigenvalue weighted by molar-refractivity contribution is -0.143. The first-order valence-corrected chi connectivity index (χ1v) is 6.86. The van der Waals surface area contributed by atoms with Crippen molar-refractivity contribution in [2.75, 3.05) is 11.9 Å². The van der Waals surface area contributed by atoms with Crippen LogP contribution in [0.2, 0.25) is 0 Å². The van der Waals surface area contributed by atoms with Crippen LogP contribution in [0, 0.1) is 11.8 Å². The van der Waals surface area contributed by atoms with E-state index in [9.17, 15) is 18.0 Å². The molecule has 1 aromatic heterocycles. The number of anilines is 1. The van der Waals surface area contributed by atoms with Gasteiger partial charge in [0.2, 0.25) is 0 Å². The van der Waals surface area contributed by atoms with Crippen LogP contribution in [0.4, 0.5) is 19.0 Å². The molecule has 1 heterocycles. The van der Waals surface area contributed by atoms with Crippen LogP contribution in [0.3, 0.4) is 0 Å². The van der Waals surface area contributed by atoms with Crippen molar-refractivity contribution in [2.24, 2.45) is 11.8 Å². The Morgan fingerprint density at radius 3 is 2.43 bits per heavy atom. The van der Waals surface area contributed by atoms with Crippen LogP contribution in [0.5, 0.6) is 0 Å². The molecule has 2 rings (SSSR count). The topological polar surface area (TPSA) is 62.2 Å². The Bertz CT molecular complexity index is 480. The summed E-state index contributed by atoms with van der Waals surface area (Å²) in [4.78, 5) is 14.6. The molecule has 0 radical (unpaired) electrons. The van der Waals surface area contributed by atoms with Gasteiger partial charge in [-0.15, -0.1) is 0 Å². The van der Waals surface area contributed by atoms with Gasteiger partial charge in [-0.2, -0.15) is 13.2 Å². The molecule has 1 aliphatic carbocycles. The van der Waals surface area contributed by atoms with Crippen LogP contribution in [0.15, 0.2) is 18.3 Å². The summed E-state index contributed by atoms with van der Waals surface area (Å²) in [6.45, 7) is 0.602. The van der Waals surface area contributed by atoms with Crippen LogP contribution in [-0.2, 0) is 11.0 Å². The summed E-state index contributed by atoms with van der Waals surface area (Å²) in [5, 5.41) is 11.9. The van der Waals surface area contributed by atoms with Gasteiger partial charge in [0.15, 0.2) is 0 Å². The lowest BCUT2D eigenvalue weighted by Gasteiger charge is -2.26. The van der Waals surface area contributed by atoms with E-state index in [0.29, 0.717) is 31.1 Å². The molecule has 1 aliphatic rings. The van der Waals surface area contributed by atoms with Gasteiger partial charge in [0.05, 0.1) is 11.5 Å². The van der Waals surface area contributed by atoms with Gasteiger partial charge in [0.1, 0.15) is 5.82 Å². The molecule has 1 aromatic rings. The Labute approximate surface area is 120 Å². The minimum absolute atomic E-state index is 0.259. The average molecular weight is 302 g/mol. The zero-order chi connectivity index (χ0) is 15.5. The van der Waals surface area contributed by atoms with Gasteiger partial charge >= 0.3 is 12.1 Å². The van der Waals surface area contributed by atoms with E-state index in [1.165, 1.54) is 6.07 Å². The first-order chi connectivity index (χ1) is 9.86. The highest BCUT2D eigenvalue weighted by atomic mass is 19.4. The van der Waals surface area contributed by atoms with Crippen molar-refractivity contribution in [2.45, 2.75) is 31.9 Å². The van der Waals surface area contributed by atoms with Gasteiger partial charge in [-0.05, 0) is 43.7 Å². The number of rotatable bonds is 4. The maximum Gasteiger partial charge on any atom is 0.417 e. The van der Waals surface area contributed by atoms with Crippen molar-refractivity contribution in [1.82, 2.24) is 4.98 Å². The number of hydrogen-bond donors (Lipinski definition) is 2. The van der Waals surface area contributed by atoms with Crippen LogP contribution in [-0.4, -0.2) is 22.6 Å². The third-order valence-electron chi connectivity index (χ3n) is 3.86. The molecule has 0 saturated heterocycles. The average Bonchev–Trinajstić information content (AvgIpc) is 2.45. The summed E-state index contributed by atoms with van der Waals surface area (Å²) in [7, 11) is 0. The van der Waals surface area contributed by atoms with E-state index in [1.807, 2.05) is 0 Å². The second-order valence-corrected chi connectivity index (χ2v) is 5.37. The highest BCUT2D eigenvalue weighted by molar-refractivity contribution is 5.70. The molecule has 7 heteroatoms. The van der Waals surface area contributed by atoms with Gasteiger partial charge in [0, 0.05) is 12.7 Å². The Kier molecular flexibility index (Phi) is 4.69. The summed E-state index contributed by atoms with van der Waals surface area (Å²) in [6.07, 6.45) is -0.635. The predicted molar refractivity (Wildman–Crippen MR) is 70.8 cm³/mol. The molecule has 0 amide bonds. The quantitative estimate of drug-likeness (QED) is 0.895. The van der Waals surface area contributed by atoms with Crippen molar-refractivity contribution >= 4 is 11.8 Å². The van der Waals surface area contributed by atoms with E-state index in [-0.39, 0.29) is 5.92 Å². The van der Waals surface area contributed by atoms with E-state index >= 15 is 0 Å². The number of nitrogens with zero attached hydrogens (tertiary/aromatic N) is 1. The first-order valence-electron chi connectivity index (χ1n) is 6.86. The van der Waals surface area contributed by atoms with E-state index in [4.69, 9.17) is 5.11 Å². The summed E-state index contributed by atoms with van der Waals surface area (Å²) in [5.41, 5.74) is -0.769. The van der Waals surface area contributed by atoms with E-state index in [2.05, 4.69) is 10.3 Å². The predicted octanol–water partition coefficient (Wildman–Crippen LogP) is 3.40. The normalized spacial score (nSPS) is 22.8. The minimum Gasteiger partial charge on any atom is -0.481 e. The molecule has 2 N–H and O–H groups in total. The van der Waals surface area contributed by atoms with Gasteiger partial charge in [0.25, 0.3) is 0 Å². The zero-order valence-electron chi connectivity index (χ0n) is 11.4. The van der Waals surface area contributed by atoms with Gasteiger partial charge < -0.3 is 10.4 Å². The van der Waals surface area contributed by atoms with E-state index in [1.54, 1.807) is 0 Å². The molecule has 21 heavy (non-hydrogen) atoms. The number of alkyl halides is 3. The molecule has 4 nitrogen and oxygen atoms in total. The lowest BCUT2D eigenvalue weighted by Crippen LogP contribution is -2.25. The maximum absolute atomic E-state index is 12.4. The number of aliphatic carboxylic acids is 1. The highest BCUT2D eigenvalue weighted by Crippen LogP contribution is 2.30. The van der Waals surface area contributed by atoms with Crippen molar-refractivity contribution in [3.05, 3.63) is 23.9 Å². The third kappa shape index (κ3) is 4.34. The molecular formula is C14H17F3N2O2. The first kappa shape index (κ1) is 15.6. The molecule has 1 saturated carbocycles. The second kappa shape index (κ2) is 6.32. The van der Waals surface area contributed by atoms with Crippen molar-refractivity contribution in [1.29, 1.82) is 0 Å². The number of pyridine rings is 1. The minimum atomic E-state index is -4.37. The fourth-order valence-electron chi connectivity index (χ4n) is 2.53. The molecule has 0 atom stereocenters. The molecule has 0 aliphatic heterocycles. The smallest absolute Gasteiger partial charge is 0.417 e. The number of aromatic nitrogens is 1. The molecule has 0 unspecified atom stereocenters. The van der Waals surface area contributed by atoms with Crippen LogP contribution < -0.4 is 5.32 Å². The van der Waals surface area contributed by atoms with Gasteiger partial charge in [-0.25, -0.2) is 4.98 Å². The van der Waals surface area contributed by atoms with Crippen molar-refractivity contribution < 1.29 is 23.1 Å². The summed E-state index contributed by atoms with van der Waals surface area (Å²) < 4.78 is 37.2. The molecule has 0 spiro atoms. The Hall–Kier alpha value is -1.79. The lowest BCUT2D eigenvalue weighted by atomic mass is 9.82. The maximum atomic E-state index is 12.4. The van der Waals surface area contributed by atoms with E-state index in [0.717, 1.165) is 25.1 Å². The van der Waals surface area contributed by atoms with Crippen molar-refractivity contribution in [3.63, 3.8) is 0 Å². The van der Waals surface area contributed by atoms with E-state index < -0.39 is 17.7 Å². The zero-order valence-corrected chi connectivity index (χ0v) is 11.4. The Balaban J connectivity index is 1.80. The second-order valence-electron chi connectivity index (χ2n) is 5.37. The third-order valence-corrected chi connectivity index (χ3v) is 3.86. The summed E-state index contributed by atoms with van der Waals surface area (Å²) >= 11 is 0. The monoisotopic (exact) mass is 302 g/mol. The molecule has 1 fully saturated rings. The molecular weight excluding hydrogens is 285 g/mol. The van der Waals surface area contributed by atoms with Gasteiger partial charge in [-0.1, -0.05) is 0 Å². The standard InChI is InChI=1S/C14H17F3N2O2/c15-14(16,17)11-5-6-12(19-8-11)18-7-9-1-3-10(4-2-9)13(20)21/h5-6,8-10H,1-4,7H2,(H,18,19)(H,20,21). The molecule has 0 bridgehead atoms. The van der Waals surface area contributed by atoms with Gasteiger partial charge in [-0.3, -0.25) is 4.79 Å². The molecule has 116 valence electrons. The summed E-state index contributed by atoms with van der Waals surface area (Å²) in [5.74, 6) is -0.260.